The molecule has 3 heteroatoms. The molecule has 1 unspecified atom stereocenters. The SMILES string of the molecule is [2H]P([B]C)SC. The Morgan fingerprint density at radius 2 is 2.80 bits per heavy atom. The second-order valence-electron chi connectivity index (χ2n) is 0.546. The van der Waals surface area contributed by atoms with Crippen molar-refractivity contribution < 1.29 is 0 Å². The standard InChI is InChI=1S/C2H7BPS/c1-3-4-5-2/h4H,1-2H3/i4D. The normalized spacial score (nSPS) is 16.8. The van der Waals surface area contributed by atoms with E-state index in [0.717, 1.165) is 0 Å². The van der Waals surface area contributed by atoms with Gasteiger partial charge in [0, 0.05) is 0 Å². The van der Waals surface area contributed by atoms with E-state index in [1.54, 1.807) is 11.4 Å². The first-order valence-electron chi connectivity index (χ1n) is 1.87. The monoisotopic (exact) mass is 106 g/mol. The van der Waals surface area contributed by atoms with Gasteiger partial charge in [0.15, 0.2) is 7.00 Å². The van der Waals surface area contributed by atoms with E-state index >= 15 is 0 Å². The van der Waals surface area contributed by atoms with E-state index in [1.807, 2.05) is 20.1 Å². The smallest absolute Gasteiger partial charge is 0.151 e. The van der Waals surface area contributed by atoms with Crippen LogP contribution in [-0.4, -0.2) is 14.5 Å². The van der Waals surface area contributed by atoms with Crippen LogP contribution in [0.2, 0.25) is 6.82 Å². The molecule has 0 aromatic carbocycles. The molecule has 0 aliphatic carbocycles. The van der Waals surface area contributed by atoms with E-state index in [2.05, 4.69) is 0 Å². The molecule has 0 nitrogen and oxygen atoms in total. The van der Waals surface area contributed by atoms with Gasteiger partial charge in [-0.3, -0.25) is 0 Å². The zero-order valence-corrected chi connectivity index (χ0v) is 5.14. The lowest BCUT2D eigenvalue weighted by molar-refractivity contribution is 2.37. The largest absolute Gasteiger partial charge is 0.152 e. The maximum atomic E-state index is 7.04. The summed E-state index contributed by atoms with van der Waals surface area (Å²) >= 11 is 1.60. The quantitative estimate of drug-likeness (QED) is 0.380. The minimum Gasteiger partial charge on any atom is -0.151 e. The molecular formula is C2H7BPS. The van der Waals surface area contributed by atoms with Crippen molar-refractivity contribution in [1.29, 1.82) is 1.28 Å². The molecule has 0 aliphatic rings. The summed E-state index contributed by atoms with van der Waals surface area (Å²) in [7, 11) is -0.534. The van der Waals surface area contributed by atoms with Gasteiger partial charge in [-0.25, -0.2) is 0 Å². The minimum absolute atomic E-state index is 0.534. The lowest BCUT2D eigenvalue weighted by Gasteiger charge is -1.78. The third-order valence-electron chi connectivity index (χ3n) is 0.211. The van der Waals surface area contributed by atoms with Crippen molar-refractivity contribution in [2.75, 3.05) is 6.26 Å². The van der Waals surface area contributed by atoms with Crippen molar-refractivity contribution in [2.45, 2.75) is 6.82 Å². The Morgan fingerprint density at radius 3 is 2.80 bits per heavy atom. The summed E-state index contributed by atoms with van der Waals surface area (Å²) in [6.45, 7) is 3.84. The number of rotatable bonds is 2. The first-order chi connectivity index (χ1) is 2.81. The van der Waals surface area contributed by atoms with Crippen molar-refractivity contribution in [2.24, 2.45) is 0 Å². The van der Waals surface area contributed by atoms with Crippen LogP contribution in [0.1, 0.15) is 0 Å². The van der Waals surface area contributed by atoms with Gasteiger partial charge >= 0.3 is 0 Å². The first kappa shape index (κ1) is 4.02. The fourth-order valence-corrected chi connectivity index (χ4v) is 0.949. The highest BCUT2D eigenvalue weighted by molar-refractivity contribution is 8.56. The molecule has 29 valence electrons. The maximum Gasteiger partial charge on any atom is 0.152 e. The molecule has 0 saturated carbocycles. The van der Waals surface area contributed by atoms with Crippen LogP contribution in [0.4, 0.5) is 0 Å². The average molecular weight is 106 g/mol. The predicted molar refractivity (Wildman–Crippen MR) is 33.4 cm³/mol. The molecule has 5 heavy (non-hydrogen) atoms. The van der Waals surface area contributed by atoms with Gasteiger partial charge in [0.2, 0.25) is 0 Å². The van der Waals surface area contributed by atoms with Crippen LogP contribution in [0.25, 0.3) is 0 Å². The van der Waals surface area contributed by atoms with Gasteiger partial charge in [0.1, 0.15) is 0 Å². The second-order valence-corrected chi connectivity index (χ2v) is 3.37. The summed E-state index contributed by atoms with van der Waals surface area (Å²) in [4.78, 5) is 0. The van der Waals surface area contributed by atoms with Crippen LogP contribution in [0.3, 0.4) is 0 Å². The Bertz CT molecular complexity index is 32.7. The van der Waals surface area contributed by atoms with E-state index < -0.39 is 7.61 Å². The van der Waals surface area contributed by atoms with E-state index in [-0.39, 0.29) is 0 Å². The molecule has 0 rings (SSSR count). The highest BCUT2D eigenvalue weighted by Gasteiger charge is 1.70. The van der Waals surface area contributed by atoms with Gasteiger partial charge in [-0.1, -0.05) is 6.82 Å². The third kappa shape index (κ3) is 4.84. The number of hydrogen-bond acceptors (Lipinski definition) is 1. The van der Waals surface area contributed by atoms with Crippen molar-refractivity contribution in [3.05, 3.63) is 0 Å². The third-order valence-corrected chi connectivity index (χ3v) is 1.90. The summed E-state index contributed by atoms with van der Waals surface area (Å²) in [5.41, 5.74) is 0. The lowest BCUT2D eigenvalue weighted by atomic mass is 10.2. The summed E-state index contributed by atoms with van der Waals surface area (Å²) in [6.07, 6.45) is 1.96. The highest BCUT2D eigenvalue weighted by atomic mass is 32.7. The molecular weight excluding hydrogens is 97.9 g/mol. The second kappa shape index (κ2) is 4.84. The molecule has 0 aromatic rings. The summed E-state index contributed by atoms with van der Waals surface area (Å²) < 4.78 is 7.04. The van der Waals surface area contributed by atoms with E-state index in [4.69, 9.17) is 1.28 Å². The fraction of sp³-hybridized carbons (Fsp3) is 1.00. The van der Waals surface area contributed by atoms with Crippen LogP contribution in [0, 0.1) is 0 Å². The molecule has 0 bridgehead atoms. The van der Waals surface area contributed by atoms with Crippen molar-refractivity contribution in [1.82, 2.24) is 0 Å². The van der Waals surface area contributed by atoms with Gasteiger partial charge in [-0.05, 0) is 6.26 Å². The molecule has 0 aromatic heterocycles. The maximum absolute atomic E-state index is 7.04. The van der Waals surface area contributed by atoms with Crippen LogP contribution in [0.15, 0.2) is 0 Å². The Kier molecular flexibility index (Phi) is 3.89. The molecule has 0 spiro atoms. The van der Waals surface area contributed by atoms with E-state index in [0.29, 0.717) is 0 Å². The van der Waals surface area contributed by atoms with Gasteiger partial charge < -0.3 is 0 Å². The predicted octanol–water partition coefficient (Wildman–Crippen LogP) is 1.61. The van der Waals surface area contributed by atoms with Crippen molar-refractivity contribution in [3.63, 3.8) is 0 Å². The van der Waals surface area contributed by atoms with E-state index in [1.165, 1.54) is 0 Å². The van der Waals surface area contributed by atoms with Crippen LogP contribution >= 0.6 is 19.0 Å². The summed E-state index contributed by atoms with van der Waals surface area (Å²) in [5, 5.41) is 0. The van der Waals surface area contributed by atoms with Gasteiger partial charge in [-0.15, -0.1) is 7.61 Å². The number of hydrogen-bond donors (Lipinski definition) is 0. The molecule has 1 radical (unpaired) electrons. The zero-order valence-electron chi connectivity index (χ0n) is 4.43. The molecule has 0 saturated heterocycles. The molecule has 0 fully saturated rings. The van der Waals surface area contributed by atoms with Crippen molar-refractivity contribution >= 4 is 26.0 Å². The fourth-order valence-electron chi connectivity index (χ4n) is 0.105. The van der Waals surface area contributed by atoms with Crippen LogP contribution in [-0.2, 0) is 0 Å². The van der Waals surface area contributed by atoms with E-state index in [9.17, 15) is 0 Å². The Labute approximate surface area is 41.1 Å². The lowest BCUT2D eigenvalue weighted by Crippen LogP contribution is -1.54. The molecule has 0 amide bonds. The van der Waals surface area contributed by atoms with Gasteiger partial charge in [0.05, 0.1) is 1.28 Å². The molecule has 0 N–H and O–H groups in total. The average Bonchev–Trinajstić information content (AvgIpc) is 1.65. The van der Waals surface area contributed by atoms with Crippen LogP contribution in [0.5, 0.6) is 0 Å². The summed E-state index contributed by atoms with van der Waals surface area (Å²) in [6, 6.07) is 0. The molecule has 1 atom stereocenters. The van der Waals surface area contributed by atoms with Gasteiger partial charge in [-0.2, -0.15) is 11.4 Å². The Hall–Kier alpha value is 0.845. The van der Waals surface area contributed by atoms with Crippen molar-refractivity contribution in [3.8, 4) is 0 Å². The first-order valence-corrected chi connectivity index (χ1v) is 4.22. The summed E-state index contributed by atoms with van der Waals surface area (Å²) in [5.74, 6) is 0. The topological polar surface area (TPSA) is 0 Å². The Balaban J connectivity index is 2.75. The molecule has 0 aliphatic heterocycles. The van der Waals surface area contributed by atoms with Gasteiger partial charge in [0.25, 0.3) is 0 Å². The van der Waals surface area contributed by atoms with Crippen LogP contribution < -0.4 is 0 Å². The zero-order chi connectivity index (χ0) is 4.99. The highest BCUT2D eigenvalue weighted by Crippen LogP contribution is 2.21. The Morgan fingerprint density at radius 1 is 2.20 bits per heavy atom. The molecule has 0 heterocycles. The minimum atomic E-state index is -0.534.